The molecule has 5 nitrogen and oxygen atoms in total. The zero-order valence-electron chi connectivity index (χ0n) is 10.5. The molecule has 5 heteroatoms. The van der Waals surface area contributed by atoms with Gasteiger partial charge in [0, 0.05) is 31.5 Å². The number of rotatable bonds is 4. The third kappa shape index (κ3) is 3.51. The number of morpholine rings is 1. The van der Waals surface area contributed by atoms with Crippen molar-refractivity contribution >= 4 is 5.97 Å². The third-order valence-electron chi connectivity index (χ3n) is 3.08. The van der Waals surface area contributed by atoms with Crippen molar-refractivity contribution in [3.05, 3.63) is 29.6 Å². The van der Waals surface area contributed by atoms with Crippen LogP contribution < -0.4 is 0 Å². The van der Waals surface area contributed by atoms with Crippen molar-refractivity contribution in [1.29, 1.82) is 0 Å². The first-order chi connectivity index (χ1) is 8.65. The number of carboxylic acid groups (broad SMARTS) is 1. The molecule has 2 heterocycles. The van der Waals surface area contributed by atoms with Gasteiger partial charge in [0.15, 0.2) is 0 Å². The lowest BCUT2D eigenvalue weighted by Gasteiger charge is -2.34. The summed E-state index contributed by atoms with van der Waals surface area (Å²) in [6, 6.07) is 2.04. The molecule has 1 unspecified atom stereocenters. The Balaban J connectivity index is 2.03. The molecular weight excluding hydrogens is 232 g/mol. The maximum atomic E-state index is 10.8. The van der Waals surface area contributed by atoms with Crippen LogP contribution in [0.5, 0.6) is 0 Å². The second-order valence-corrected chi connectivity index (χ2v) is 4.67. The van der Waals surface area contributed by atoms with E-state index in [9.17, 15) is 4.79 Å². The highest BCUT2D eigenvalue weighted by molar-refractivity contribution is 5.67. The number of carbonyl (C=O) groups is 1. The normalized spacial score (nSPS) is 20.8. The predicted octanol–water partition coefficient (Wildman–Crippen LogP) is 1.07. The summed E-state index contributed by atoms with van der Waals surface area (Å²) in [5.74, 6) is -0.780. The van der Waals surface area contributed by atoms with Crippen LogP contribution in [0.4, 0.5) is 0 Å². The number of carboxylic acids is 1. The summed E-state index contributed by atoms with van der Waals surface area (Å²) >= 11 is 0. The lowest BCUT2D eigenvalue weighted by molar-refractivity contribution is -0.140. The molecule has 0 radical (unpaired) electrons. The Bertz CT molecular complexity index is 422. The third-order valence-corrected chi connectivity index (χ3v) is 3.08. The fourth-order valence-corrected chi connectivity index (χ4v) is 2.23. The molecule has 1 atom stereocenters. The molecule has 0 bridgehead atoms. The lowest BCUT2D eigenvalue weighted by atomic mass is 10.1. The monoisotopic (exact) mass is 250 g/mol. The van der Waals surface area contributed by atoms with Crippen LogP contribution in [-0.4, -0.2) is 46.8 Å². The maximum absolute atomic E-state index is 10.8. The number of nitrogens with zero attached hydrogens (tertiary/aromatic N) is 2. The van der Waals surface area contributed by atoms with E-state index in [-0.39, 0.29) is 12.5 Å². The van der Waals surface area contributed by atoms with Gasteiger partial charge in [-0.25, -0.2) is 0 Å². The number of aliphatic carboxylic acids is 1. The number of hydrogen-bond acceptors (Lipinski definition) is 4. The van der Waals surface area contributed by atoms with Gasteiger partial charge in [0.25, 0.3) is 0 Å². The van der Waals surface area contributed by atoms with Gasteiger partial charge in [-0.15, -0.1) is 0 Å². The van der Waals surface area contributed by atoms with Gasteiger partial charge in [-0.2, -0.15) is 0 Å². The van der Waals surface area contributed by atoms with E-state index in [0.29, 0.717) is 13.2 Å². The SMILES string of the molecule is Cc1cncc(CN2CCOCC2CC(=O)O)c1. The van der Waals surface area contributed by atoms with Gasteiger partial charge in [-0.1, -0.05) is 6.07 Å². The molecule has 1 aliphatic heterocycles. The number of pyridine rings is 1. The smallest absolute Gasteiger partial charge is 0.305 e. The topological polar surface area (TPSA) is 62.7 Å². The minimum absolute atomic E-state index is 0.0447. The van der Waals surface area contributed by atoms with Gasteiger partial charge < -0.3 is 9.84 Å². The largest absolute Gasteiger partial charge is 0.481 e. The molecular formula is C13H18N2O3. The molecule has 18 heavy (non-hydrogen) atoms. The molecule has 0 aliphatic carbocycles. The zero-order chi connectivity index (χ0) is 13.0. The number of aryl methyl sites for hydroxylation is 1. The number of aromatic nitrogens is 1. The molecule has 0 saturated carbocycles. The standard InChI is InChI=1S/C13H18N2O3/c1-10-4-11(7-14-6-10)8-15-2-3-18-9-12(15)5-13(16)17/h4,6-7,12H,2-3,5,8-9H2,1H3,(H,16,17). The molecule has 0 spiro atoms. The van der Waals surface area contributed by atoms with Crippen LogP contribution in [0.2, 0.25) is 0 Å². The average molecular weight is 250 g/mol. The molecule has 1 fully saturated rings. The average Bonchev–Trinajstić information content (AvgIpc) is 2.31. The molecule has 0 aromatic carbocycles. The first-order valence-electron chi connectivity index (χ1n) is 6.09. The van der Waals surface area contributed by atoms with E-state index < -0.39 is 5.97 Å². The van der Waals surface area contributed by atoms with Crippen LogP contribution in [0.15, 0.2) is 18.5 Å². The van der Waals surface area contributed by atoms with Crippen molar-refractivity contribution in [1.82, 2.24) is 9.88 Å². The molecule has 1 N–H and O–H groups in total. The van der Waals surface area contributed by atoms with Crippen molar-refractivity contribution in [3.8, 4) is 0 Å². The van der Waals surface area contributed by atoms with E-state index in [1.54, 1.807) is 0 Å². The predicted molar refractivity (Wildman–Crippen MR) is 66.2 cm³/mol. The van der Waals surface area contributed by atoms with Crippen LogP contribution in [0.3, 0.4) is 0 Å². The summed E-state index contributed by atoms with van der Waals surface area (Å²) in [7, 11) is 0. The summed E-state index contributed by atoms with van der Waals surface area (Å²) in [5.41, 5.74) is 2.24. The lowest BCUT2D eigenvalue weighted by Crippen LogP contribution is -2.45. The highest BCUT2D eigenvalue weighted by atomic mass is 16.5. The molecule has 2 rings (SSSR count). The number of hydrogen-bond donors (Lipinski definition) is 1. The molecule has 1 aliphatic rings. The minimum Gasteiger partial charge on any atom is -0.481 e. The van der Waals surface area contributed by atoms with E-state index in [1.807, 2.05) is 19.3 Å². The summed E-state index contributed by atoms with van der Waals surface area (Å²) < 4.78 is 5.35. The van der Waals surface area contributed by atoms with Gasteiger partial charge in [-0.3, -0.25) is 14.7 Å². The van der Waals surface area contributed by atoms with Gasteiger partial charge in [0.2, 0.25) is 0 Å². The van der Waals surface area contributed by atoms with Crippen molar-refractivity contribution in [2.75, 3.05) is 19.8 Å². The summed E-state index contributed by atoms with van der Waals surface area (Å²) in [4.78, 5) is 17.1. The molecule has 0 amide bonds. The Morgan fingerprint density at radius 3 is 3.17 bits per heavy atom. The molecule has 98 valence electrons. The van der Waals surface area contributed by atoms with E-state index in [2.05, 4.69) is 16.0 Å². The zero-order valence-corrected chi connectivity index (χ0v) is 10.5. The van der Waals surface area contributed by atoms with Crippen molar-refractivity contribution in [2.45, 2.75) is 25.9 Å². The van der Waals surface area contributed by atoms with Gasteiger partial charge >= 0.3 is 5.97 Å². The van der Waals surface area contributed by atoms with Crippen LogP contribution in [-0.2, 0) is 16.1 Å². The summed E-state index contributed by atoms with van der Waals surface area (Å²) in [6.07, 6.45) is 3.77. The second-order valence-electron chi connectivity index (χ2n) is 4.67. The van der Waals surface area contributed by atoms with Crippen LogP contribution in [0, 0.1) is 6.92 Å². The Kier molecular flexibility index (Phi) is 4.28. The fraction of sp³-hybridized carbons (Fsp3) is 0.538. The van der Waals surface area contributed by atoms with E-state index in [4.69, 9.17) is 9.84 Å². The first kappa shape index (κ1) is 13.0. The Hall–Kier alpha value is -1.46. The van der Waals surface area contributed by atoms with E-state index in [0.717, 1.165) is 24.2 Å². The summed E-state index contributed by atoms with van der Waals surface area (Å²) in [6.45, 7) is 4.66. The van der Waals surface area contributed by atoms with Gasteiger partial charge in [0.05, 0.1) is 19.6 Å². The van der Waals surface area contributed by atoms with Crippen molar-refractivity contribution in [3.63, 3.8) is 0 Å². The van der Waals surface area contributed by atoms with Crippen molar-refractivity contribution < 1.29 is 14.6 Å². The quantitative estimate of drug-likeness (QED) is 0.866. The van der Waals surface area contributed by atoms with E-state index >= 15 is 0 Å². The number of ether oxygens (including phenoxy) is 1. The van der Waals surface area contributed by atoms with Crippen LogP contribution in [0.1, 0.15) is 17.5 Å². The molecule has 1 aromatic rings. The highest BCUT2D eigenvalue weighted by Crippen LogP contribution is 2.15. The summed E-state index contributed by atoms with van der Waals surface area (Å²) in [5, 5.41) is 8.90. The van der Waals surface area contributed by atoms with Crippen LogP contribution >= 0.6 is 0 Å². The molecule has 1 aromatic heterocycles. The van der Waals surface area contributed by atoms with Gasteiger partial charge in [-0.05, 0) is 18.1 Å². The van der Waals surface area contributed by atoms with Crippen molar-refractivity contribution in [2.24, 2.45) is 0 Å². The Morgan fingerprint density at radius 1 is 1.61 bits per heavy atom. The Labute approximate surface area is 106 Å². The first-order valence-corrected chi connectivity index (χ1v) is 6.09. The Morgan fingerprint density at radius 2 is 2.44 bits per heavy atom. The second kappa shape index (κ2) is 5.93. The van der Waals surface area contributed by atoms with E-state index in [1.165, 1.54) is 0 Å². The minimum atomic E-state index is -0.780. The maximum Gasteiger partial charge on any atom is 0.305 e. The van der Waals surface area contributed by atoms with Gasteiger partial charge in [0.1, 0.15) is 0 Å². The fourth-order valence-electron chi connectivity index (χ4n) is 2.23. The highest BCUT2D eigenvalue weighted by Gasteiger charge is 2.25. The molecule has 1 saturated heterocycles. The van der Waals surface area contributed by atoms with Crippen LogP contribution in [0.25, 0.3) is 0 Å².